The molecule has 0 fully saturated rings. The second-order valence-corrected chi connectivity index (χ2v) is 4.55. The van der Waals surface area contributed by atoms with Crippen LogP contribution in [0.1, 0.15) is 6.92 Å². The number of amides is 2. The van der Waals surface area contributed by atoms with Crippen LogP contribution in [0.4, 0.5) is 10.5 Å². The number of hydrogen-bond acceptors (Lipinski definition) is 2. The van der Waals surface area contributed by atoms with Crippen LogP contribution in [0.25, 0.3) is 0 Å². The smallest absolute Gasteiger partial charge is 0.319 e. The first-order valence-electron chi connectivity index (χ1n) is 4.22. The molecule has 0 aromatic heterocycles. The number of anilines is 1. The second-order valence-electron chi connectivity index (χ2n) is 2.84. The van der Waals surface area contributed by atoms with Gasteiger partial charge in [-0.3, -0.25) is 4.90 Å². The fourth-order valence-corrected chi connectivity index (χ4v) is 2.34. The molecule has 0 saturated heterocycles. The lowest BCUT2D eigenvalue weighted by Crippen LogP contribution is -2.35. The van der Waals surface area contributed by atoms with Crippen molar-refractivity contribution in [3.05, 3.63) is 21.1 Å². The third-order valence-corrected chi connectivity index (χ3v) is 3.10. The van der Waals surface area contributed by atoms with Gasteiger partial charge in [0.25, 0.3) is 0 Å². The minimum atomic E-state index is -0.526. The average Bonchev–Trinajstić information content (AvgIpc) is 2.14. The van der Waals surface area contributed by atoms with E-state index in [4.69, 9.17) is 5.73 Å². The quantitative estimate of drug-likeness (QED) is 0.871. The van der Waals surface area contributed by atoms with Gasteiger partial charge in [0.15, 0.2) is 0 Å². The van der Waals surface area contributed by atoms with Crippen LogP contribution in [0.3, 0.4) is 0 Å². The predicted octanol–water partition coefficient (Wildman–Crippen LogP) is 2.82. The molecular weight excluding hydrogens is 328 g/mol. The largest absolute Gasteiger partial charge is 0.506 e. The molecule has 0 heterocycles. The molecule has 15 heavy (non-hydrogen) atoms. The monoisotopic (exact) mass is 336 g/mol. The van der Waals surface area contributed by atoms with E-state index in [9.17, 15) is 9.90 Å². The first-order chi connectivity index (χ1) is 6.97. The number of phenols is 1. The molecule has 1 aromatic rings. The molecule has 3 N–H and O–H groups in total. The van der Waals surface area contributed by atoms with Gasteiger partial charge in [-0.1, -0.05) is 0 Å². The molecule has 0 radical (unpaired) electrons. The number of carbonyl (C=O) groups is 1. The lowest BCUT2D eigenvalue weighted by molar-refractivity contribution is 0.254. The number of rotatable bonds is 2. The number of nitrogens with zero attached hydrogens (tertiary/aromatic N) is 1. The number of phenolic OH excluding ortho intramolecular Hbond substituents is 1. The van der Waals surface area contributed by atoms with Crippen molar-refractivity contribution in [2.24, 2.45) is 5.73 Å². The maximum atomic E-state index is 11.1. The first-order valence-corrected chi connectivity index (χ1v) is 5.81. The van der Waals surface area contributed by atoms with Crippen LogP contribution in [0, 0.1) is 0 Å². The van der Waals surface area contributed by atoms with Crippen LogP contribution in [0.5, 0.6) is 5.75 Å². The SMILES string of the molecule is CCN(C(N)=O)c1cc(Br)c(O)c(Br)c1. The summed E-state index contributed by atoms with van der Waals surface area (Å²) < 4.78 is 1.01. The third-order valence-electron chi connectivity index (χ3n) is 1.90. The molecule has 0 aliphatic rings. The van der Waals surface area contributed by atoms with Crippen molar-refractivity contribution in [2.75, 3.05) is 11.4 Å². The van der Waals surface area contributed by atoms with Gasteiger partial charge in [0, 0.05) is 12.2 Å². The summed E-state index contributed by atoms with van der Waals surface area (Å²) in [4.78, 5) is 12.5. The number of benzene rings is 1. The van der Waals surface area contributed by atoms with E-state index in [-0.39, 0.29) is 5.75 Å². The van der Waals surface area contributed by atoms with Crippen LogP contribution < -0.4 is 10.6 Å². The maximum absolute atomic E-state index is 11.1. The van der Waals surface area contributed by atoms with Crippen molar-refractivity contribution in [1.82, 2.24) is 0 Å². The Balaban J connectivity index is 3.20. The minimum Gasteiger partial charge on any atom is -0.506 e. The standard InChI is InChI=1S/C9H10Br2N2O2/c1-2-13(9(12)15)5-3-6(10)8(14)7(11)4-5/h3-4,14H,2H2,1H3,(H2,12,15). The van der Waals surface area contributed by atoms with E-state index in [0.717, 1.165) is 0 Å². The normalized spacial score (nSPS) is 10.1. The van der Waals surface area contributed by atoms with Crippen molar-refractivity contribution in [2.45, 2.75) is 6.92 Å². The van der Waals surface area contributed by atoms with Gasteiger partial charge in [0.1, 0.15) is 5.75 Å². The molecule has 4 nitrogen and oxygen atoms in total. The van der Waals surface area contributed by atoms with Gasteiger partial charge < -0.3 is 10.8 Å². The fourth-order valence-electron chi connectivity index (χ4n) is 1.17. The zero-order valence-electron chi connectivity index (χ0n) is 8.00. The topological polar surface area (TPSA) is 66.6 Å². The van der Waals surface area contributed by atoms with E-state index < -0.39 is 6.03 Å². The van der Waals surface area contributed by atoms with Gasteiger partial charge in [-0.2, -0.15) is 0 Å². The molecule has 0 unspecified atom stereocenters. The summed E-state index contributed by atoms with van der Waals surface area (Å²) in [6.07, 6.45) is 0. The zero-order valence-corrected chi connectivity index (χ0v) is 11.2. The van der Waals surface area contributed by atoms with Crippen molar-refractivity contribution >= 4 is 43.6 Å². The lowest BCUT2D eigenvalue weighted by Gasteiger charge is -2.19. The van der Waals surface area contributed by atoms with Crippen LogP contribution in [-0.2, 0) is 0 Å². The Hall–Kier alpha value is -0.750. The first kappa shape index (κ1) is 12.3. The summed E-state index contributed by atoms with van der Waals surface area (Å²) in [5, 5.41) is 9.50. The zero-order chi connectivity index (χ0) is 11.6. The third kappa shape index (κ3) is 2.63. The summed E-state index contributed by atoms with van der Waals surface area (Å²) in [5.41, 5.74) is 5.84. The van der Waals surface area contributed by atoms with Crippen molar-refractivity contribution in [3.8, 4) is 5.75 Å². The number of aromatic hydroxyl groups is 1. The van der Waals surface area contributed by atoms with E-state index in [2.05, 4.69) is 31.9 Å². The summed E-state index contributed by atoms with van der Waals surface area (Å²) in [7, 11) is 0. The van der Waals surface area contributed by atoms with Crippen LogP contribution >= 0.6 is 31.9 Å². The van der Waals surface area contributed by atoms with Crippen LogP contribution in [0.2, 0.25) is 0 Å². The molecule has 1 rings (SSSR count). The Morgan fingerprint density at radius 3 is 2.27 bits per heavy atom. The predicted molar refractivity (Wildman–Crippen MR) is 66.1 cm³/mol. The molecule has 0 saturated carbocycles. The van der Waals surface area contributed by atoms with E-state index in [1.54, 1.807) is 12.1 Å². The molecular formula is C9H10Br2N2O2. The molecule has 6 heteroatoms. The highest BCUT2D eigenvalue weighted by Gasteiger charge is 2.13. The number of nitrogens with two attached hydrogens (primary N) is 1. The van der Waals surface area contributed by atoms with Gasteiger partial charge in [-0.25, -0.2) is 4.79 Å². The molecule has 0 aliphatic heterocycles. The van der Waals surface area contributed by atoms with Gasteiger partial charge in [-0.05, 0) is 50.9 Å². The van der Waals surface area contributed by atoms with Gasteiger partial charge in [-0.15, -0.1) is 0 Å². The van der Waals surface area contributed by atoms with Crippen molar-refractivity contribution < 1.29 is 9.90 Å². The lowest BCUT2D eigenvalue weighted by atomic mass is 10.3. The number of halogens is 2. The Labute approximate surface area is 104 Å². The maximum Gasteiger partial charge on any atom is 0.319 e. The van der Waals surface area contributed by atoms with Gasteiger partial charge in [0.05, 0.1) is 8.95 Å². The number of hydrogen-bond donors (Lipinski definition) is 2. The van der Waals surface area contributed by atoms with E-state index in [0.29, 0.717) is 21.2 Å². The minimum absolute atomic E-state index is 0.0965. The number of primary amides is 1. The van der Waals surface area contributed by atoms with Crippen molar-refractivity contribution in [1.29, 1.82) is 0 Å². The highest BCUT2D eigenvalue weighted by molar-refractivity contribution is 9.11. The molecule has 0 spiro atoms. The summed E-state index contributed by atoms with van der Waals surface area (Å²) in [6.45, 7) is 2.29. The Bertz CT molecular complexity index is 373. The Morgan fingerprint density at radius 2 is 1.93 bits per heavy atom. The molecule has 2 amide bonds. The highest BCUT2D eigenvalue weighted by Crippen LogP contribution is 2.36. The summed E-state index contributed by atoms with van der Waals surface area (Å²) in [6, 6.07) is 2.74. The van der Waals surface area contributed by atoms with E-state index in [1.807, 2.05) is 6.92 Å². The van der Waals surface area contributed by atoms with E-state index >= 15 is 0 Å². The number of urea groups is 1. The fraction of sp³-hybridized carbons (Fsp3) is 0.222. The van der Waals surface area contributed by atoms with Gasteiger partial charge in [0.2, 0.25) is 0 Å². The number of carbonyl (C=O) groups excluding carboxylic acids is 1. The Kier molecular flexibility index (Phi) is 3.98. The highest BCUT2D eigenvalue weighted by atomic mass is 79.9. The molecule has 82 valence electrons. The molecule has 1 aromatic carbocycles. The molecule has 0 aliphatic carbocycles. The Morgan fingerprint density at radius 1 is 1.47 bits per heavy atom. The van der Waals surface area contributed by atoms with Crippen LogP contribution in [0.15, 0.2) is 21.1 Å². The summed E-state index contributed by atoms with van der Waals surface area (Å²) in [5.74, 6) is 0.0965. The average molecular weight is 338 g/mol. The summed E-state index contributed by atoms with van der Waals surface area (Å²) >= 11 is 6.37. The van der Waals surface area contributed by atoms with Crippen molar-refractivity contribution in [3.63, 3.8) is 0 Å². The molecule has 0 bridgehead atoms. The van der Waals surface area contributed by atoms with E-state index in [1.165, 1.54) is 4.90 Å². The van der Waals surface area contributed by atoms with Crippen LogP contribution in [-0.4, -0.2) is 17.7 Å². The molecule has 0 atom stereocenters. The second kappa shape index (κ2) is 4.85. The van der Waals surface area contributed by atoms with Gasteiger partial charge >= 0.3 is 6.03 Å².